The summed E-state index contributed by atoms with van der Waals surface area (Å²) in [5, 5.41) is 3.37. The Morgan fingerprint density at radius 1 is 1.30 bits per heavy atom. The Bertz CT molecular complexity index is 408. The molecule has 1 heterocycles. The van der Waals surface area contributed by atoms with E-state index in [9.17, 15) is 8.78 Å². The van der Waals surface area contributed by atoms with Gasteiger partial charge >= 0.3 is 0 Å². The Morgan fingerprint density at radius 3 is 2.75 bits per heavy atom. The van der Waals surface area contributed by atoms with Gasteiger partial charge in [0.15, 0.2) is 0 Å². The van der Waals surface area contributed by atoms with E-state index in [1.54, 1.807) is 0 Å². The minimum atomic E-state index is -0.520. The largest absolute Gasteiger partial charge is 0.378 e. The summed E-state index contributed by atoms with van der Waals surface area (Å²) in [6.07, 6.45) is 1.09. The van der Waals surface area contributed by atoms with E-state index in [-0.39, 0.29) is 6.04 Å². The lowest BCUT2D eigenvalue weighted by Gasteiger charge is -2.35. The highest BCUT2D eigenvalue weighted by Crippen LogP contribution is 2.14. The van der Waals surface area contributed by atoms with Crippen LogP contribution in [0.15, 0.2) is 18.2 Å². The van der Waals surface area contributed by atoms with Gasteiger partial charge in [-0.15, -0.1) is 0 Å². The first-order valence-electron chi connectivity index (χ1n) is 7.16. The minimum Gasteiger partial charge on any atom is -0.378 e. The van der Waals surface area contributed by atoms with Crippen LogP contribution in [0.3, 0.4) is 0 Å². The van der Waals surface area contributed by atoms with Crippen LogP contribution in [0.25, 0.3) is 0 Å². The van der Waals surface area contributed by atoms with Gasteiger partial charge in [0, 0.05) is 31.7 Å². The van der Waals surface area contributed by atoms with Crippen LogP contribution in [0.4, 0.5) is 8.78 Å². The Kier molecular flexibility index (Phi) is 5.88. The number of nitrogens with one attached hydrogen (secondary N) is 1. The van der Waals surface area contributed by atoms with Gasteiger partial charge in [0.1, 0.15) is 11.6 Å². The summed E-state index contributed by atoms with van der Waals surface area (Å²) in [7, 11) is 0. The topological polar surface area (TPSA) is 24.5 Å². The van der Waals surface area contributed by atoms with E-state index in [4.69, 9.17) is 4.74 Å². The second-order valence-corrected chi connectivity index (χ2v) is 5.18. The molecule has 0 saturated carbocycles. The maximum atomic E-state index is 13.2. The summed E-state index contributed by atoms with van der Waals surface area (Å²) in [5.41, 5.74) is 0.671. The monoisotopic (exact) mass is 284 g/mol. The average molecular weight is 284 g/mol. The summed E-state index contributed by atoms with van der Waals surface area (Å²) in [6, 6.07) is 3.95. The molecule has 112 valence electrons. The van der Waals surface area contributed by atoms with Crippen molar-refractivity contribution in [1.82, 2.24) is 10.2 Å². The van der Waals surface area contributed by atoms with Crippen molar-refractivity contribution in [2.75, 3.05) is 32.8 Å². The molecule has 1 unspecified atom stereocenters. The fraction of sp³-hybridized carbons (Fsp3) is 0.600. The first kappa shape index (κ1) is 15.4. The van der Waals surface area contributed by atoms with E-state index in [1.807, 2.05) is 0 Å². The van der Waals surface area contributed by atoms with Crippen LogP contribution in [0.2, 0.25) is 0 Å². The maximum absolute atomic E-state index is 13.2. The maximum Gasteiger partial charge on any atom is 0.126 e. The molecule has 1 aromatic carbocycles. The Morgan fingerprint density at radius 2 is 2.05 bits per heavy atom. The van der Waals surface area contributed by atoms with Crippen molar-refractivity contribution in [1.29, 1.82) is 0 Å². The molecule has 0 aromatic heterocycles. The van der Waals surface area contributed by atoms with Gasteiger partial charge in [-0.1, -0.05) is 6.92 Å². The third kappa shape index (κ3) is 4.51. The molecule has 20 heavy (non-hydrogen) atoms. The fourth-order valence-corrected chi connectivity index (χ4v) is 2.47. The number of benzene rings is 1. The minimum absolute atomic E-state index is 0.252. The van der Waals surface area contributed by atoms with Gasteiger partial charge < -0.3 is 10.1 Å². The van der Waals surface area contributed by atoms with Gasteiger partial charge in [-0.3, -0.25) is 4.90 Å². The van der Waals surface area contributed by atoms with E-state index >= 15 is 0 Å². The number of halogens is 2. The highest BCUT2D eigenvalue weighted by Gasteiger charge is 2.22. The molecule has 0 aliphatic carbocycles. The molecule has 1 N–H and O–H groups in total. The highest BCUT2D eigenvalue weighted by atomic mass is 19.1. The molecule has 2 rings (SSSR count). The Labute approximate surface area is 118 Å². The van der Waals surface area contributed by atoms with Crippen LogP contribution in [0.1, 0.15) is 18.9 Å². The van der Waals surface area contributed by atoms with Crippen molar-refractivity contribution >= 4 is 0 Å². The second kappa shape index (κ2) is 7.67. The van der Waals surface area contributed by atoms with Crippen molar-refractivity contribution in [2.24, 2.45) is 0 Å². The Balaban J connectivity index is 1.96. The molecule has 1 saturated heterocycles. The van der Waals surface area contributed by atoms with Gasteiger partial charge in [-0.25, -0.2) is 8.78 Å². The van der Waals surface area contributed by atoms with E-state index in [0.29, 0.717) is 25.3 Å². The summed E-state index contributed by atoms with van der Waals surface area (Å²) in [4.78, 5) is 2.22. The molecule has 1 aliphatic heterocycles. The molecule has 0 bridgehead atoms. The van der Waals surface area contributed by atoms with Crippen LogP contribution >= 0.6 is 0 Å². The van der Waals surface area contributed by atoms with Crippen molar-refractivity contribution in [3.05, 3.63) is 35.4 Å². The quantitative estimate of drug-likeness (QED) is 0.810. The first-order chi connectivity index (χ1) is 9.69. The molecular weight excluding hydrogens is 262 g/mol. The molecular formula is C15H22F2N2O. The van der Waals surface area contributed by atoms with Crippen molar-refractivity contribution in [3.63, 3.8) is 0 Å². The number of ether oxygens (including phenoxy) is 1. The van der Waals surface area contributed by atoms with E-state index < -0.39 is 11.6 Å². The number of nitrogens with zero attached hydrogens (tertiary/aromatic N) is 1. The molecule has 1 fully saturated rings. The predicted octanol–water partition coefficient (Wildman–Crippen LogP) is 2.17. The van der Waals surface area contributed by atoms with Crippen LogP contribution < -0.4 is 5.32 Å². The van der Waals surface area contributed by atoms with Gasteiger partial charge in [0.25, 0.3) is 0 Å². The molecule has 1 aromatic rings. The van der Waals surface area contributed by atoms with Gasteiger partial charge in [-0.2, -0.15) is 0 Å². The highest BCUT2D eigenvalue weighted by molar-refractivity contribution is 5.18. The lowest BCUT2D eigenvalue weighted by atomic mass is 10.1. The summed E-state index contributed by atoms with van der Waals surface area (Å²) < 4.78 is 32.0. The van der Waals surface area contributed by atoms with Gasteiger partial charge in [-0.05, 0) is 30.7 Å². The van der Waals surface area contributed by atoms with Crippen molar-refractivity contribution < 1.29 is 13.5 Å². The zero-order chi connectivity index (χ0) is 14.4. The fourth-order valence-electron chi connectivity index (χ4n) is 2.47. The smallest absolute Gasteiger partial charge is 0.126 e. The number of morpholine rings is 1. The third-order valence-corrected chi connectivity index (χ3v) is 3.46. The van der Waals surface area contributed by atoms with Crippen molar-refractivity contribution in [3.8, 4) is 0 Å². The molecule has 0 amide bonds. The van der Waals surface area contributed by atoms with Gasteiger partial charge in [0.05, 0.1) is 13.2 Å². The number of hydrogen-bond acceptors (Lipinski definition) is 3. The summed E-state index contributed by atoms with van der Waals surface area (Å²) >= 11 is 0. The Hall–Kier alpha value is -1.04. The molecule has 1 atom stereocenters. The molecule has 1 aliphatic rings. The lowest BCUT2D eigenvalue weighted by molar-refractivity contribution is -0.0109. The number of hydrogen-bond donors (Lipinski definition) is 1. The summed E-state index contributed by atoms with van der Waals surface area (Å²) in [6.45, 7) is 6.60. The zero-order valence-corrected chi connectivity index (χ0v) is 11.9. The average Bonchev–Trinajstić information content (AvgIpc) is 2.40. The molecule has 3 nitrogen and oxygen atoms in total. The van der Waals surface area contributed by atoms with E-state index in [1.165, 1.54) is 12.1 Å². The predicted molar refractivity (Wildman–Crippen MR) is 74.5 cm³/mol. The van der Waals surface area contributed by atoms with Crippen LogP contribution in [0, 0.1) is 11.6 Å². The summed E-state index contributed by atoms with van der Waals surface area (Å²) in [5.74, 6) is -1.04. The van der Waals surface area contributed by atoms with E-state index in [2.05, 4.69) is 17.1 Å². The third-order valence-electron chi connectivity index (χ3n) is 3.46. The standard InChI is InChI=1S/C15H22F2N2O/c1-2-3-18-9-15-11-20-5-4-19(15)10-12-6-13(16)8-14(17)7-12/h6-8,15,18H,2-5,9-11H2,1H3. The van der Waals surface area contributed by atoms with Crippen LogP contribution in [0.5, 0.6) is 0 Å². The SMILES string of the molecule is CCCNCC1COCCN1Cc1cc(F)cc(F)c1. The lowest BCUT2D eigenvalue weighted by Crippen LogP contribution is -2.49. The van der Waals surface area contributed by atoms with Crippen molar-refractivity contribution in [2.45, 2.75) is 25.9 Å². The molecule has 0 radical (unpaired) electrons. The van der Waals surface area contributed by atoms with Gasteiger partial charge in [0.2, 0.25) is 0 Å². The zero-order valence-electron chi connectivity index (χ0n) is 11.9. The number of rotatable bonds is 6. The second-order valence-electron chi connectivity index (χ2n) is 5.18. The van der Waals surface area contributed by atoms with Crippen LogP contribution in [-0.2, 0) is 11.3 Å². The molecule has 0 spiro atoms. The van der Waals surface area contributed by atoms with E-state index in [0.717, 1.165) is 32.1 Å². The first-order valence-corrected chi connectivity index (χ1v) is 7.16. The molecule has 5 heteroatoms. The van der Waals surface area contributed by atoms with Crippen LogP contribution in [-0.4, -0.2) is 43.8 Å². The normalized spacial score (nSPS) is 20.2.